The molecule has 25 heavy (non-hydrogen) atoms. The van der Waals surface area contributed by atoms with Crippen LogP contribution in [0.3, 0.4) is 0 Å². The summed E-state index contributed by atoms with van der Waals surface area (Å²) in [7, 11) is 0. The second kappa shape index (κ2) is 7.77. The highest BCUT2D eigenvalue weighted by atomic mass is 35.5. The van der Waals surface area contributed by atoms with Gasteiger partial charge in [0, 0.05) is 36.9 Å². The summed E-state index contributed by atoms with van der Waals surface area (Å²) in [6, 6.07) is 14.9. The lowest BCUT2D eigenvalue weighted by Crippen LogP contribution is -2.49. The topological polar surface area (TPSA) is 47.3 Å². The van der Waals surface area contributed by atoms with Gasteiger partial charge < -0.3 is 9.80 Å². The van der Waals surface area contributed by atoms with Gasteiger partial charge in [-0.25, -0.2) is 0 Å². The number of piperazine rings is 1. The molecule has 1 aliphatic heterocycles. The van der Waals surface area contributed by atoms with Crippen LogP contribution in [0, 0.1) is 11.3 Å². The molecule has 0 N–H and O–H groups in total. The first-order chi connectivity index (χ1) is 12.1. The third-order valence-corrected chi connectivity index (χ3v) is 4.90. The van der Waals surface area contributed by atoms with E-state index in [2.05, 4.69) is 11.0 Å². The van der Waals surface area contributed by atoms with E-state index in [1.54, 1.807) is 18.2 Å². The number of anilines is 1. The van der Waals surface area contributed by atoms with Crippen molar-refractivity contribution in [3.63, 3.8) is 0 Å². The molecule has 6 heteroatoms. The fraction of sp³-hybridized carbons (Fsp3) is 0.263. The van der Waals surface area contributed by atoms with Gasteiger partial charge >= 0.3 is 0 Å². The van der Waals surface area contributed by atoms with E-state index in [-0.39, 0.29) is 5.91 Å². The van der Waals surface area contributed by atoms with Crippen LogP contribution in [0.2, 0.25) is 10.0 Å². The highest BCUT2D eigenvalue weighted by Crippen LogP contribution is 2.24. The number of hydrogen-bond acceptors (Lipinski definition) is 3. The van der Waals surface area contributed by atoms with Crippen LogP contribution in [0.15, 0.2) is 42.5 Å². The van der Waals surface area contributed by atoms with Crippen molar-refractivity contribution in [2.75, 3.05) is 31.1 Å². The summed E-state index contributed by atoms with van der Waals surface area (Å²) in [6.45, 7) is 2.83. The van der Waals surface area contributed by atoms with Crippen LogP contribution in [0.5, 0.6) is 0 Å². The number of halogens is 2. The quantitative estimate of drug-likeness (QED) is 0.822. The summed E-state index contributed by atoms with van der Waals surface area (Å²) in [5.41, 5.74) is 2.42. The third-order valence-electron chi connectivity index (χ3n) is 4.34. The summed E-state index contributed by atoms with van der Waals surface area (Å²) in [6.07, 6.45) is 0.389. The predicted octanol–water partition coefficient (Wildman–Crippen LogP) is 3.76. The minimum atomic E-state index is 0.125. The molecule has 0 bridgehead atoms. The molecule has 0 atom stereocenters. The zero-order valence-electron chi connectivity index (χ0n) is 13.6. The fourth-order valence-electron chi connectivity index (χ4n) is 2.89. The average Bonchev–Trinajstić information content (AvgIpc) is 2.63. The van der Waals surface area contributed by atoms with Crippen molar-refractivity contribution in [1.82, 2.24) is 4.90 Å². The summed E-state index contributed by atoms with van der Waals surface area (Å²) >= 11 is 12.0. The van der Waals surface area contributed by atoms with Crippen LogP contribution in [0.4, 0.5) is 5.69 Å². The molecule has 2 aromatic rings. The molecule has 1 heterocycles. The maximum Gasteiger partial charge on any atom is 0.227 e. The average molecular weight is 374 g/mol. The normalized spacial score (nSPS) is 14.3. The van der Waals surface area contributed by atoms with Gasteiger partial charge in [-0.2, -0.15) is 5.26 Å². The molecule has 0 saturated carbocycles. The summed E-state index contributed by atoms with van der Waals surface area (Å²) < 4.78 is 0. The minimum absolute atomic E-state index is 0.125. The van der Waals surface area contributed by atoms with Gasteiger partial charge in [0.05, 0.1) is 17.0 Å². The molecular formula is C19H17Cl2N3O. The van der Waals surface area contributed by atoms with Crippen molar-refractivity contribution >= 4 is 34.8 Å². The second-order valence-electron chi connectivity index (χ2n) is 5.95. The zero-order chi connectivity index (χ0) is 17.8. The monoisotopic (exact) mass is 373 g/mol. The van der Waals surface area contributed by atoms with Gasteiger partial charge in [-0.05, 0) is 35.9 Å². The van der Waals surface area contributed by atoms with Gasteiger partial charge in [-0.15, -0.1) is 0 Å². The van der Waals surface area contributed by atoms with E-state index in [1.807, 2.05) is 29.2 Å². The molecule has 1 saturated heterocycles. The number of rotatable bonds is 3. The summed E-state index contributed by atoms with van der Waals surface area (Å²) in [4.78, 5) is 16.5. The Kier molecular flexibility index (Phi) is 5.47. The number of amides is 1. The molecule has 3 rings (SSSR count). The van der Waals surface area contributed by atoms with Gasteiger partial charge in [0.15, 0.2) is 0 Å². The second-order valence-corrected chi connectivity index (χ2v) is 6.79. The molecule has 128 valence electrons. The molecule has 0 aromatic heterocycles. The van der Waals surface area contributed by atoms with E-state index in [4.69, 9.17) is 28.5 Å². The van der Waals surface area contributed by atoms with Crippen LogP contribution < -0.4 is 4.90 Å². The van der Waals surface area contributed by atoms with Gasteiger partial charge in [-0.1, -0.05) is 35.3 Å². The Balaban J connectivity index is 1.58. The number of carbonyl (C=O) groups is 1. The Morgan fingerprint density at radius 2 is 1.72 bits per heavy atom. The molecule has 4 nitrogen and oxygen atoms in total. The summed E-state index contributed by atoms with van der Waals surface area (Å²) in [5, 5.41) is 10.1. The first kappa shape index (κ1) is 17.6. The molecule has 1 fully saturated rings. The van der Waals surface area contributed by atoms with Crippen molar-refractivity contribution in [2.45, 2.75) is 6.42 Å². The molecule has 2 aromatic carbocycles. The van der Waals surface area contributed by atoms with Gasteiger partial charge in [0.2, 0.25) is 5.91 Å². The van der Waals surface area contributed by atoms with E-state index in [1.165, 1.54) is 0 Å². The number of hydrogen-bond donors (Lipinski definition) is 0. The van der Waals surface area contributed by atoms with Crippen molar-refractivity contribution in [3.8, 4) is 6.07 Å². The van der Waals surface area contributed by atoms with Crippen LogP contribution in [0.25, 0.3) is 0 Å². The maximum absolute atomic E-state index is 12.5. The largest absolute Gasteiger partial charge is 0.368 e. The van der Waals surface area contributed by atoms with Crippen LogP contribution in [0.1, 0.15) is 11.1 Å². The zero-order valence-corrected chi connectivity index (χ0v) is 15.1. The van der Waals surface area contributed by atoms with Gasteiger partial charge in [-0.3, -0.25) is 4.79 Å². The van der Waals surface area contributed by atoms with Crippen molar-refractivity contribution < 1.29 is 4.79 Å². The van der Waals surface area contributed by atoms with Crippen LogP contribution in [-0.2, 0) is 11.2 Å². The van der Waals surface area contributed by atoms with E-state index in [0.29, 0.717) is 35.1 Å². The molecule has 0 aliphatic carbocycles. The molecule has 0 spiro atoms. The van der Waals surface area contributed by atoms with E-state index in [0.717, 1.165) is 24.3 Å². The third kappa shape index (κ3) is 4.25. The first-order valence-corrected chi connectivity index (χ1v) is 8.79. The highest BCUT2D eigenvalue weighted by molar-refractivity contribution is 6.32. The Hall–Kier alpha value is -2.22. The highest BCUT2D eigenvalue weighted by Gasteiger charge is 2.21. The SMILES string of the molecule is N#Cc1ccc(N2CCN(C(=O)Cc3ccc(Cl)cc3)CC2)cc1Cl. The van der Waals surface area contributed by atoms with E-state index < -0.39 is 0 Å². The van der Waals surface area contributed by atoms with Crippen molar-refractivity contribution in [3.05, 3.63) is 63.6 Å². The minimum Gasteiger partial charge on any atom is -0.368 e. The standard InChI is InChI=1S/C19H17Cl2N3O/c20-16-4-1-14(2-5-16)11-19(25)24-9-7-23(8-10-24)17-6-3-15(13-22)18(21)12-17/h1-6,12H,7-11H2. The fourth-order valence-corrected chi connectivity index (χ4v) is 3.24. The van der Waals surface area contributed by atoms with E-state index >= 15 is 0 Å². The molecule has 1 amide bonds. The molecule has 0 unspecified atom stereocenters. The lowest BCUT2D eigenvalue weighted by Gasteiger charge is -2.36. The number of carbonyl (C=O) groups excluding carboxylic acids is 1. The van der Waals surface area contributed by atoms with Crippen molar-refractivity contribution in [2.24, 2.45) is 0 Å². The Labute approximate surface area is 157 Å². The number of nitriles is 1. The Bertz CT molecular complexity index is 806. The van der Waals surface area contributed by atoms with Crippen LogP contribution in [-0.4, -0.2) is 37.0 Å². The van der Waals surface area contributed by atoms with Crippen LogP contribution >= 0.6 is 23.2 Å². The maximum atomic E-state index is 12.5. The molecule has 1 aliphatic rings. The van der Waals surface area contributed by atoms with Gasteiger partial charge in [0.25, 0.3) is 0 Å². The smallest absolute Gasteiger partial charge is 0.227 e. The van der Waals surface area contributed by atoms with Gasteiger partial charge in [0.1, 0.15) is 6.07 Å². The van der Waals surface area contributed by atoms with E-state index in [9.17, 15) is 4.79 Å². The number of nitrogens with zero attached hydrogens (tertiary/aromatic N) is 3. The molecule has 0 radical (unpaired) electrons. The lowest BCUT2D eigenvalue weighted by atomic mass is 10.1. The Morgan fingerprint density at radius 3 is 2.32 bits per heavy atom. The van der Waals surface area contributed by atoms with Crippen molar-refractivity contribution in [1.29, 1.82) is 5.26 Å². The molecular weight excluding hydrogens is 357 g/mol. The predicted molar refractivity (Wildman–Crippen MR) is 100 cm³/mol. The Morgan fingerprint density at radius 1 is 1.04 bits per heavy atom. The number of benzene rings is 2. The first-order valence-electron chi connectivity index (χ1n) is 8.03. The lowest BCUT2D eigenvalue weighted by molar-refractivity contribution is -0.130. The summed E-state index contributed by atoms with van der Waals surface area (Å²) in [5.74, 6) is 0.125.